The Hall–Kier alpha value is -5.95. The van der Waals surface area contributed by atoms with Gasteiger partial charge in [-0.15, -0.1) is 12.4 Å². The SMILES string of the molecule is CO[Si](CCCNC(=O)Nc1nc(C)cc(=O)[nH]1)(O[Si](C)(C)C)O[Si](C)(C)C.Cc1cc(=O)[nH]c(NC(=O)NCCCCCC(=O)CSC(=N)N)n1.Cc1cc(=O)[nH]c(NC(=O)NCCCCCCCC(=O)OCCCSC(=N)N)n1.Cl. The number of amidine groups is 2. The van der Waals surface area contributed by atoms with Gasteiger partial charge in [0.25, 0.3) is 16.7 Å². The van der Waals surface area contributed by atoms with Gasteiger partial charge in [-0.1, -0.05) is 49.2 Å². The smallest absolute Gasteiger partial charge is 0.466 e. The number of nitrogens with one attached hydrogen (secondary N) is 11. The number of nitrogens with two attached hydrogens (primary N) is 2. The summed E-state index contributed by atoms with van der Waals surface area (Å²) in [6.45, 7) is 19.5. The molecule has 0 spiro atoms. The number of aryl methyl sites for hydroxylation is 3. The molecule has 3 aromatic rings. The molecule has 0 aliphatic carbocycles. The zero-order valence-corrected chi connectivity index (χ0v) is 54.2. The lowest BCUT2D eigenvalue weighted by Crippen LogP contribution is -2.56. The first-order chi connectivity index (χ1) is 38.0. The largest absolute Gasteiger partial charge is 0.479 e. The summed E-state index contributed by atoms with van der Waals surface area (Å²) in [6, 6.07) is 3.36. The summed E-state index contributed by atoms with van der Waals surface area (Å²) in [4.78, 5) is 112. The minimum atomic E-state index is -2.81. The van der Waals surface area contributed by atoms with Crippen molar-refractivity contribution in [3.63, 3.8) is 0 Å². The molecule has 0 radical (unpaired) electrons. The Labute approximate surface area is 496 Å². The van der Waals surface area contributed by atoms with Crippen LogP contribution >= 0.6 is 35.9 Å². The maximum atomic E-state index is 12.0. The molecular weight excluding hydrogens is 1180 g/mol. The fourth-order valence-corrected chi connectivity index (χ4v) is 18.0. The number of urea groups is 3. The number of Topliss-reactive ketones (excluding diaryl/α,β-unsaturated/α-hetero) is 1. The topological polar surface area (TPSA) is 431 Å². The van der Waals surface area contributed by atoms with E-state index in [9.17, 15) is 38.4 Å². The number of ketones is 1. The molecule has 3 aromatic heterocycles. The Morgan fingerprint density at radius 2 is 0.951 bits per heavy atom. The minimum absolute atomic E-state index is 0. The first-order valence-electron chi connectivity index (χ1n) is 26.4. The molecule has 0 saturated heterocycles. The van der Waals surface area contributed by atoms with Crippen molar-refractivity contribution < 1.29 is 41.4 Å². The molecule has 0 unspecified atom stereocenters. The number of esters is 1. The van der Waals surface area contributed by atoms with Crippen molar-refractivity contribution in [1.82, 2.24) is 45.9 Å². The van der Waals surface area contributed by atoms with Crippen LogP contribution in [0.25, 0.3) is 0 Å². The summed E-state index contributed by atoms with van der Waals surface area (Å²) < 4.78 is 23.7. The number of hydrogen-bond acceptors (Lipinski definition) is 19. The second-order valence-corrected chi connectivity index (χ2v) is 34.6. The van der Waals surface area contributed by atoms with E-state index in [0.29, 0.717) is 80.8 Å². The monoisotopic (exact) mass is 1260 g/mol. The second kappa shape index (κ2) is 41.1. The number of hydrogen-bond donors (Lipinski definition) is 13. The zero-order valence-electron chi connectivity index (χ0n) is 48.8. The average Bonchev–Trinajstić information content (AvgIpc) is 3.39. The molecule has 0 aliphatic rings. The van der Waals surface area contributed by atoms with E-state index in [0.717, 1.165) is 63.1 Å². The van der Waals surface area contributed by atoms with E-state index < -0.39 is 43.5 Å². The number of ether oxygens (including phenoxy) is 1. The minimum Gasteiger partial charge on any atom is -0.466 e. The number of carbonyl (C=O) groups excluding carboxylic acids is 5. The highest BCUT2D eigenvalue weighted by Crippen LogP contribution is 2.26. The van der Waals surface area contributed by atoms with E-state index in [2.05, 4.69) is 101 Å². The van der Waals surface area contributed by atoms with Crippen molar-refractivity contribution in [2.24, 2.45) is 11.5 Å². The van der Waals surface area contributed by atoms with Crippen LogP contribution < -0.4 is 60.0 Å². The summed E-state index contributed by atoms with van der Waals surface area (Å²) in [7, 11) is -4.89. The van der Waals surface area contributed by atoms with Crippen LogP contribution in [-0.4, -0.2) is 140 Å². The van der Waals surface area contributed by atoms with E-state index in [1.807, 2.05) is 0 Å². The maximum absolute atomic E-state index is 12.0. The van der Waals surface area contributed by atoms with Crippen molar-refractivity contribution in [2.45, 2.75) is 143 Å². The summed E-state index contributed by atoms with van der Waals surface area (Å²) in [5.41, 5.74) is 11.0. The van der Waals surface area contributed by atoms with Gasteiger partial charge >= 0.3 is 32.9 Å². The van der Waals surface area contributed by atoms with Crippen molar-refractivity contribution >= 4 is 119 Å². The normalized spacial score (nSPS) is 11.0. The summed E-state index contributed by atoms with van der Waals surface area (Å²) in [5.74, 6) is 1.12. The average molecular weight is 1260 g/mol. The molecule has 15 N–H and O–H groups in total. The first kappa shape index (κ1) is 76.1. The number of amides is 6. The van der Waals surface area contributed by atoms with Crippen LogP contribution in [0.2, 0.25) is 45.3 Å². The molecule has 3 heterocycles. The Kier molecular flexibility index (Phi) is 38.1. The quantitative estimate of drug-likeness (QED) is 0.0106. The van der Waals surface area contributed by atoms with E-state index in [-0.39, 0.29) is 74.8 Å². The number of carbonyl (C=O) groups is 5. The predicted octanol–water partition coefficient (Wildman–Crippen LogP) is 6.36. The van der Waals surface area contributed by atoms with Crippen LogP contribution in [0.1, 0.15) is 94.1 Å². The van der Waals surface area contributed by atoms with Crippen molar-refractivity contribution in [1.29, 1.82) is 10.8 Å². The molecule has 3 rings (SSSR count). The Morgan fingerprint density at radius 3 is 1.34 bits per heavy atom. The van der Waals surface area contributed by atoms with Crippen molar-refractivity contribution in [3.8, 4) is 0 Å². The van der Waals surface area contributed by atoms with Gasteiger partial charge in [-0.25, -0.2) is 29.3 Å². The highest BCUT2D eigenvalue weighted by molar-refractivity contribution is 8.14. The number of H-pyrrole nitrogens is 3. The Balaban J connectivity index is 0.00000120. The highest BCUT2D eigenvalue weighted by Gasteiger charge is 2.46. The van der Waals surface area contributed by atoms with E-state index in [1.165, 1.54) is 30.0 Å². The van der Waals surface area contributed by atoms with E-state index in [1.54, 1.807) is 27.9 Å². The molecular formula is C48H87ClN16O12S2Si3. The number of aromatic nitrogens is 6. The number of thioether (sulfide) groups is 2. The lowest BCUT2D eigenvalue weighted by molar-refractivity contribution is -0.143. The van der Waals surface area contributed by atoms with Crippen LogP contribution in [0.5, 0.6) is 0 Å². The fourth-order valence-electron chi connectivity index (χ4n) is 6.80. The third-order valence-electron chi connectivity index (χ3n) is 9.94. The molecule has 0 saturated carbocycles. The molecule has 28 nitrogen and oxygen atoms in total. The first-order valence-corrected chi connectivity index (χ1v) is 37.1. The standard InChI is InChI=1S/C18H30N6O4S.C16H34N4O5Si3.C14H22N6O3S.ClH/c1-13-12-14(25)23-17(22-13)24-18(27)21-9-6-4-2-3-5-8-15(26)28-10-7-11-29-16(19)20;1-13-12-14(21)19-15(18-13)20-16(22)17-10-9-11-28(23-2,24-26(3,4)5)25-27(6,7)8;1-9-7-11(22)19-13(18-9)20-14(23)17-6-4-2-3-5-10(21)8-24-12(15)16;/h12H,2-11H2,1H3,(H3,19,20)(H3,21,22,23,24,25,27);12H,9-11H2,1-8H3,(H3,17,18,19,20,21,22);7H,2-6,8H2,1H3,(H3,15,16)(H3,17,18,19,20,22,23);1H. The summed E-state index contributed by atoms with van der Waals surface area (Å²) in [5, 5.41) is 29.7. The molecule has 0 atom stereocenters. The lowest BCUT2D eigenvalue weighted by Gasteiger charge is -2.38. The predicted molar refractivity (Wildman–Crippen MR) is 334 cm³/mol. The van der Waals surface area contributed by atoms with Crippen LogP contribution in [0.3, 0.4) is 0 Å². The Bertz CT molecular complexity index is 2650. The summed E-state index contributed by atoms with van der Waals surface area (Å²) >= 11 is 2.27. The van der Waals surface area contributed by atoms with Crippen molar-refractivity contribution in [3.05, 3.63) is 66.3 Å². The highest BCUT2D eigenvalue weighted by atomic mass is 35.5. The third kappa shape index (κ3) is 41.1. The van der Waals surface area contributed by atoms with Gasteiger partial charge in [-0.05, 0) is 98.6 Å². The number of anilines is 3. The van der Waals surface area contributed by atoms with Gasteiger partial charge in [0.15, 0.2) is 27.0 Å². The molecule has 462 valence electrons. The molecule has 0 fully saturated rings. The molecule has 34 heteroatoms. The number of nitrogens with zero attached hydrogens (tertiary/aromatic N) is 3. The molecule has 0 aliphatic heterocycles. The van der Waals surface area contributed by atoms with Crippen LogP contribution in [0.4, 0.5) is 32.2 Å². The molecule has 82 heavy (non-hydrogen) atoms. The zero-order chi connectivity index (χ0) is 61.0. The Morgan fingerprint density at radius 1 is 0.573 bits per heavy atom. The second-order valence-electron chi connectivity index (χ2n) is 20.1. The maximum Gasteiger partial charge on any atom is 0.479 e. The van der Waals surface area contributed by atoms with Crippen LogP contribution in [0.15, 0.2) is 32.6 Å². The summed E-state index contributed by atoms with van der Waals surface area (Å²) in [6.07, 6.45) is 8.90. The number of halogens is 1. The van der Waals surface area contributed by atoms with E-state index >= 15 is 0 Å². The fraction of sp³-hybridized carbons (Fsp3) is 0.604. The van der Waals surface area contributed by atoms with Gasteiger partial charge in [0.2, 0.25) is 17.8 Å². The van der Waals surface area contributed by atoms with Gasteiger partial charge in [-0.3, -0.25) is 65.7 Å². The number of rotatable bonds is 32. The lowest BCUT2D eigenvalue weighted by atomic mass is 10.1. The van der Waals surface area contributed by atoms with Crippen LogP contribution in [-0.2, 0) is 27.0 Å². The van der Waals surface area contributed by atoms with Gasteiger partial charge < -0.3 is 44.8 Å². The van der Waals surface area contributed by atoms with Crippen LogP contribution in [0, 0.1) is 31.6 Å². The van der Waals surface area contributed by atoms with Crippen molar-refractivity contribution in [2.75, 3.05) is 60.8 Å². The van der Waals surface area contributed by atoms with Gasteiger partial charge in [-0.2, -0.15) is 0 Å². The number of unbranched alkanes of at least 4 members (excludes halogenated alkanes) is 6. The van der Waals surface area contributed by atoms with Gasteiger partial charge in [0, 0.05) is 86.7 Å². The molecule has 6 amide bonds. The van der Waals surface area contributed by atoms with E-state index in [4.69, 9.17) is 39.7 Å². The van der Waals surface area contributed by atoms with Gasteiger partial charge in [0.05, 0.1) is 12.4 Å². The van der Waals surface area contributed by atoms with Gasteiger partial charge in [0.1, 0.15) is 5.78 Å². The number of aromatic amines is 3. The molecule has 0 aromatic carbocycles. The third-order valence-corrected chi connectivity index (χ3v) is 20.5. The molecule has 0 bridgehead atoms.